The predicted molar refractivity (Wildman–Crippen MR) is 136 cm³/mol. The largest absolute Gasteiger partial charge is 0.481 e. The van der Waals surface area contributed by atoms with Crippen LogP contribution in [-0.4, -0.2) is 77.9 Å². The molecular formula is C26H30N4O3S. The summed E-state index contributed by atoms with van der Waals surface area (Å²) in [5.41, 5.74) is 3.83. The molecule has 3 aromatic rings. The Hall–Kier alpha value is -2.65. The van der Waals surface area contributed by atoms with Crippen molar-refractivity contribution in [3.63, 3.8) is 0 Å². The minimum atomic E-state index is -0.599. The van der Waals surface area contributed by atoms with Gasteiger partial charge in [-0.25, -0.2) is 4.98 Å². The van der Waals surface area contributed by atoms with Gasteiger partial charge in [0.15, 0.2) is 0 Å². The SMILES string of the molecule is COc1ccc2cccc(C(O)CN3CCN(CCc4ccc5c(c4)NC(=O)CS5)CC3)c2n1. The molecule has 1 amide bonds. The van der Waals surface area contributed by atoms with E-state index < -0.39 is 6.10 Å². The van der Waals surface area contributed by atoms with Gasteiger partial charge in [0.25, 0.3) is 0 Å². The van der Waals surface area contributed by atoms with E-state index in [0.717, 1.165) is 66.2 Å². The van der Waals surface area contributed by atoms with Crippen molar-refractivity contribution in [2.45, 2.75) is 17.4 Å². The van der Waals surface area contributed by atoms with Crippen LogP contribution in [0.1, 0.15) is 17.2 Å². The normalized spacial score (nSPS) is 17.9. The fourth-order valence-electron chi connectivity index (χ4n) is 4.65. The molecule has 2 aliphatic heterocycles. The Morgan fingerprint density at radius 2 is 1.94 bits per heavy atom. The zero-order valence-corrected chi connectivity index (χ0v) is 20.2. The van der Waals surface area contributed by atoms with Crippen LogP contribution in [0.4, 0.5) is 5.69 Å². The quantitative estimate of drug-likeness (QED) is 0.540. The van der Waals surface area contributed by atoms with Gasteiger partial charge in [0, 0.05) is 61.2 Å². The standard InChI is InChI=1S/C26H30N4O3S/c1-33-25-8-6-19-3-2-4-20(26(19)28-25)22(31)16-30-13-11-29(12-14-30)10-9-18-5-7-23-21(15-18)27-24(32)17-34-23/h2-8,15,22,31H,9-14,16-17H2,1H3,(H,27,32). The molecule has 1 unspecified atom stereocenters. The van der Waals surface area contributed by atoms with Crippen LogP contribution in [0, 0.1) is 0 Å². The Bertz CT molecular complexity index is 1180. The third-order valence-electron chi connectivity index (χ3n) is 6.58. The summed E-state index contributed by atoms with van der Waals surface area (Å²) in [4.78, 5) is 22.2. The van der Waals surface area contributed by atoms with Gasteiger partial charge in [-0.2, -0.15) is 0 Å². The molecule has 1 aromatic heterocycles. The zero-order chi connectivity index (χ0) is 23.5. The number of methoxy groups -OCH3 is 1. The van der Waals surface area contributed by atoms with E-state index >= 15 is 0 Å². The Balaban J connectivity index is 1.14. The molecule has 0 bridgehead atoms. The van der Waals surface area contributed by atoms with Gasteiger partial charge in [0.2, 0.25) is 11.8 Å². The third kappa shape index (κ3) is 5.20. The fourth-order valence-corrected chi connectivity index (χ4v) is 5.43. The Kier molecular flexibility index (Phi) is 7.01. The van der Waals surface area contributed by atoms with E-state index in [0.29, 0.717) is 18.2 Å². The number of pyridine rings is 1. The number of fused-ring (bicyclic) bond motifs is 2. The summed E-state index contributed by atoms with van der Waals surface area (Å²) in [6.45, 7) is 5.39. The average Bonchev–Trinajstić information content (AvgIpc) is 2.87. The van der Waals surface area contributed by atoms with Crippen LogP contribution in [0.3, 0.4) is 0 Å². The monoisotopic (exact) mass is 478 g/mol. The summed E-state index contributed by atoms with van der Waals surface area (Å²) in [6, 6.07) is 16.1. The van der Waals surface area contributed by atoms with Gasteiger partial charge < -0.3 is 20.1 Å². The molecule has 0 spiro atoms. The highest BCUT2D eigenvalue weighted by Gasteiger charge is 2.22. The lowest BCUT2D eigenvalue weighted by molar-refractivity contribution is -0.113. The number of ether oxygens (including phenoxy) is 1. The van der Waals surface area contributed by atoms with Crippen molar-refractivity contribution in [1.29, 1.82) is 0 Å². The van der Waals surface area contributed by atoms with E-state index in [1.165, 1.54) is 5.56 Å². The fraction of sp³-hybridized carbons (Fsp3) is 0.385. The van der Waals surface area contributed by atoms with Crippen LogP contribution in [-0.2, 0) is 11.2 Å². The molecular weight excluding hydrogens is 448 g/mol. The lowest BCUT2D eigenvalue weighted by atomic mass is 10.0. The van der Waals surface area contributed by atoms with Gasteiger partial charge >= 0.3 is 0 Å². The first-order valence-corrected chi connectivity index (χ1v) is 12.7. The molecule has 34 heavy (non-hydrogen) atoms. The second kappa shape index (κ2) is 10.3. The van der Waals surface area contributed by atoms with Crippen molar-refractivity contribution in [3.05, 3.63) is 59.7 Å². The average molecular weight is 479 g/mol. The van der Waals surface area contributed by atoms with Gasteiger partial charge in [-0.05, 0) is 30.2 Å². The van der Waals surface area contributed by atoms with E-state index in [4.69, 9.17) is 4.74 Å². The maximum absolute atomic E-state index is 11.7. The molecule has 1 saturated heterocycles. The van der Waals surface area contributed by atoms with Gasteiger partial charge in [-0.3, -0.25) is 9.69 Å². The lowest BCUT2D eigenvalue weighted by Gasteiger charge is -2.35. The number of anilines is 1. The maximum Gasteiger partial charge on any atom is 0.234 e. The summed E-state index contributed by atoms with van der Waals surface area (Å²) in [5, 5.41) is 15.0. The van der Waals surface area contributed by atoms with E-state index in [9.17, 15) is 9.90 Å². The van der Waals surface area contributed by atoms with Gasteiger partial charge in [-0.1, -0.05) is 24.3 Å². The number of aliphatic hydroxyl groups excluding tert-OH is 1. The lowest BCUT2D eigenvalue weighted by Crippen LogP contribution is -2.47. The van der Waals surface area contributed by atoms with Crippen molar-refractivity contribution < 1.29 is 14.6 Å². The third-order valence-corrected chi connectivity index (χ3v) is 7.66. The number of β-amino-alcohol motifs (C(OH)–C–C–N with tert-alkyl or cyclic N) is 1. The predicted octanol–water partition coefficient (Wildman–Crippen LogP) is 3.18. The van der Waals surface area contributed by atoms with Crippen molar-refractivity contribution in [1.82, 2.24) is 14.8 Å². The number of nitrogens with one attached hydrogen (secondary N) is 1. The Morgan fingerprint density at radius 1 is 1.12 bits per heavy atom. The number of amides is 1. The molecule has 8 heteroatoms. The Labute approximate surface area is 204 Å². The number of nitrogens with zero attached hydrogens (tertiary/aromatic N) is 3. The number of piperazine rings is 1. The van der Waals surface area contributed by atoms with E-state index in [1.807, 2.05) is 30.3 Å². The van der Waals surface area contributed by atoms with E-state index in [2.05, 4.69) is 38.3 Å². The maximum atomic E-state index is 11.7. The molecule has 1 atom stereocenters. The highest BCUT2D eigenvalue weighted by molar-refractivity contribution is 8.00. The molecule has 1 fully saturated rings. The van der Waals surface area contributed by atoms with Crippen molar-refractivity contribution in [2.75, 3.05) is 57.4 Å². The minimum Gasteiger partial charge on any atom is -0.481 e. The molecule has 2 aliphatic rings. The summed E-state index contributed by atoms with van der Waals surface area (Å²) in [5.74, 6) is 1.13. The molecule has 2 aromatic carbocycles. The zero-order valence-electron chi connectivity index (χ0n) is 19.4. The second-order valence-corrected chi connectivity index (χ2v) is 9.87. The van der Waals surface area contributed by atoms with Crippen LogP contribution in [0.2, 0.25) is 0 Å². The number of aliphatic hydroxyl groups is 1. The number of para-hydroxylation sites is 1. The molecule has 7 nitrogen and oxygen atoms in total. The summed E-state index contributed by atoms with van der Waals surface area (Å²) in [6.07, 6.45) is 0.360. The molecule has 178 valence electrons. The number of rotatable bonds is 7. The van der Waals surface area contributed by atoms with Crippen molar-refractivity contribution in [3.8, 4) is 5.88 Å². The molecule has 2 N–H and O–H groups in total. The molecule has 5 rings (SSSR count). The summed E-state index contributed by atoms with van der Waals surface area (Å²) >= 11 is 1.60. The van der Waals surface area contributed by atoms with Gasteiger partial charge in [-0.15, -0.1) is 11.8 Å². The molecule has 3 heterocycles. The van der Waals surface area contributed by atoms with Crippen molar-refractivity contribution >= 4 is 34.3 Å². The van der Waals surface area contributed by atoms with Crippen LogP contribution >= 0.6 is 11.8 Å². The molecule has 0 aliphatic carbocycles. The number of thioether (sulfide) groups is 1. The smallest absolute Gasteiger partial charge is 0.234 e. The number of hydrogen-bond acceptors (Lipinski definition) is 7. The van der Waals surface area contributed by atoms with E-state index in [-0.39, 0.29) is 5.91 Å². The Morgan fingerprint density at radius 3 is 2.76 bits per heavy atom. The summed E-state index contributed by atoms with van der Waals surface area (Å²) < 4.78 is 5.28. The first-order chi connectivity index (χ1) is 16.6. The van der Waals surface area contributed by atoms with Gasteiger partial charge in [0.1, 0.15) is 0 Å². The first-order valence-electron chi connectivity index (χ1n) is 11.7. The number of aromatic nitrogens is 1. The topological polar surface area (TPSA) is 77.9 Å². The highest BCUT2D eigenvalue weighted by atomic mass is 32.2. The van der Waals surface area contributed by atoms with Crippen LogP contribution in [0.5, 0.6) is 5.88 Å². The van der Waals surface area contributed by atoms with Crippen LogP contribution in [0.25, 0.3) is 10.9 Å². The first kappa shape index (κ1) is 23.1. The number of carbonyl (C=O) groups is 1. The van der Waals surface area contributed by atoms with Crippen molar-refractivity contribution in [2.24, 2.45) is 0 Å². The minimum absolute atomic E-state index is 0.0754. The van der Waals surface area contributed by atoms with Crippen LogP contribution in [0.15, 0.2) is 53.4 Å². The molecule has 0 saturated carbocycles. The van der Waals surface area contributed by atoms with Gasteiger partial charge in [0.05, 0.1) is 30.2 Å². The van der Waals surface area contributed by atoms with Crippen LogP contribution < -0.4 is 10.1 Å². The number of carbonyl (C=O) groups excluding carboxylic acids is 1. The second-order valence-electron chi connectivity index (χ2n) is 8.85. The summed E-state index contributed by atoms with van der Waals surface area (Å²) in [7, 11) is 1.61. The van der Waals surface area contributed by atoms with E-state index in [1.54, 1.807) is 18.9 Å². The molecule has 0 radical (unpaired) electrons. The highest BCUT2D eigenvalue weighted by Crippen LogP contribution is 2.32. The number of hydrogen-bond donors (Lipinski definition) is 2. The number of benzene rings is 2.